The van der Waals surface area contributed by atoms with Gasteiger partial charge in [-0.25, -0.2) is 14.8 Å². The van der Waals surface area contributed by atoms with Gasteiger partial charge in [0.25, 0.3) is 0 Å². The van der Waals surface area contributed by atoms with Crippen molar-refractivity contribution in [2.24, 2.45) is 16.8 Å². The highest BCUT2D eigenvalue weighted by Crippen LogP contribution is 2.28. The molecule has 0 N–H and O–H groups in total. The molecule has 1 aliphatic heterocycles. The van der Waals surface area contributed by atoms with Crippen LogP contribution in [0.5, 0.6) is 0 Å². The summed E-state index contributed by atoms with van der Waals surface area (Å²) in [7, 11) is 0. The van der Waals surface area contributed by atoms with Crippen LogP contribution in [0.4, 0.5) is 19.0 Å². The number of hydrogen-bond acceptors (Lipinski definition) is 6. The van der Waals surface area contributed by atoms with E-state index >= 15 is 0 Å². The number of allylic oxidation sites excluding steroid dienone is 2. The quantitative estimate of drug-likeness (QED) is 0.419. The van der Waals surface area contributed by atoms with Gasteiger partial charge in [0.2, 0.25) is 0 Å². The number of alkyl halides is 3. The van der Waals surface area contributed by atoms with Gasteiger partial charge in [0.15, 0.2) is 17.0 Å². The second-order valence-electron chi connectivity index (χ2n) is 8.54. The zero-order valence-corrected chi connectivity index (χ0v) is 20.4. The highest BCUT2D eigenvalue weighted by molar-refractivity contribution is 6.02. The predicted octanol–water partition coefficient (Wildman–Crippen LogP) is 4.04. The Labute approximate surface area is 197 Å². The van der Waals surface area contributed by atoms with Crippen LogP contribution in [0.1, 0.15) is 41.0 Å². The first-order valence-electron chi connectivity index (χ1n) is 11.8. The van der Waals surface area contributed by atoms with Crippen molar-refractivity contribution in [2.75, 3.05) is 31.1 Å². The fourth-order valence-electron chi connectivity index (χ4n) is 4.53. The molecule has 0 bridgehead atoms. The molecule has 0 aliphatic carbocycles. The minimum atomic E-state index is -4.57. The molecule has 34 heavy (non-hydrogen) atoms. The van der Waals surface area contributed by atoms with Gasteiger partial charge in [-0.3, -0.25) is 14.1 Å². The number of imidazole rings is 1. The van der Waals surface area contributed by atoms with Crippen molar-refractivity contribution in [3.8, 4) is 0 Å². The number of ether oxygens (including phenoxy) is 1. The van der Waals surface area contributed by atoms with E-state index in [1.54, 1.807) is 22.3 Å². The molecule has 0 aromatic carbocycles. The van der Waals surface area contributed by atoms with E-state index in [4.69, 9.17) is 9.72 Å². The fourth-order valence-corrected chi connectivity index (χ4v) is 4.53. The molecule has 8 nitrogen and oxygen atoms in total. The Kier molecular flexibility index (Phi) is 8.04. The Morgan fingerprint density at radius 1 is 1.21 bits per heavy atom. The standard InChI is InChI=1S/C23H33F3N6O2/c1-6-17(19(27-7-2)23(24,25)26)34-14-16-10-15(5)12-30(13-16)18-11-28-20-21(29-18)32(9-4)22(33)31(20)8-3/h6,11,15-16H,7-10,12-14H2,1-5H3/b17-6+,27-19?. The van der Waals surface area contributed by atoms with Gasteiger partial charge in [-0.05, 0) is 46.1 Å². The zero-order chi connectivity index (χ0) is 25.0. The number of piperidine rings is 1. The van der Waals surface area contributed by atoms with E-state index in [9.17, 15) is 18.0 Å². The van der Waals surface area contributed by atoms with Gasteiger partial charge in [-0.2, -0.15) is 13.2 Å². The van der Waals surface area contributed by atoms with Crippen LogP contribution in [0.3, 0.4) is 0 Å². The topological polar surface area (TPSA) is 77.5 Å². The van der Waals surface area contributed by atoms with Crippen molar-refractivity contribution < 1.29 is 17.9 Å². The molecule has 188 valence electrons. The van der Waals surface area contributed by atoms with Crippen molar-refractivity contribution in [3.05, 3.63) is 28.5 Å². The molecule has 1 saturated heterocycles. The lowest BCUT2D eigenvalue weighted by Crippen LogP contribution is -2.42. The van der Waals surface area contributed by atoms with Crippen molar-refractivity contribution in [1.82, 2.24) is 19.1 Å². The van der Waals surface area contributed by atoms with Crippen LogP contribution in [0.2, 0.25) is 0 Å². The lowest BCUT2D eigenvalue weighted by Gasteiger charge is -2.37. The van der Waals surface area contributed by atoms with E-state index < -0.39 is 11.9 Å². The molecule has 2 aromatic heterocycles. The van der Waals surface area contributed by atoms with Crippen LogP contribution in [0, 0.1) is 11.8 Å². The number of aryl methyl sites for hydroxylation is 2. The van der Waals surface area contributed by atoms with E-state index in [2.05, 4.69) is 21.8 Å². The number of fused-ring (bicyclic) bond motifs is 1. The maximum Gasteiger partial charge on any atom is 0.436 e. The van der Waals surface area contributed by atoms with Crippen molar-refractivity contribution in [1.29, 1.82) is 0 Å². The largest absolute Gasteiger partial charge is 0.491 e. The second kappa shape index (κ2) is 10.6. The smallest absolute Gasteiger partial charge is 0.436 e. The molecule has 0 amide bonds. The highest BCUT2D eigenvalue weighted by atomic mass is 19.4. The first kappa shape index (κ1) is 25.8. The lowest BCUT2D eigenvalue weighted by molar-refractivity contribution is -0.0612. The van der Waals surface area contributed by atoms with Crippen molar-refractivity contribution >= 4 is 22.8 Å². The number of nitrogens with zero attached hydrogens (tertiary/aromatic N) is 6. The maximum atomic E-state index is 13.4. The molecular weight excluding hydrogens is 449 g/mol. The molecule has 0 radical (unpaired) electrons. The Balaban J connectivity index is 1.81. The molecule has 3 heterocycles. The van der Waals surface area contributed by atoms with Crippen LogP contribution in [-0.2, 0) is 17.8 Å². The average Bonchev–Trinajstić information content (AvgIpc) is 3.07. The summed E-state index contributed by atoms with van der Waals surface area (Å²) < 4.78 is 49.0. The van der Waals surface area contributed by atoms with Crippen LogP contribution in [-0.4, -0.2) is 57.2 Å². The maximum absolute atomic E-state index is 13.4. The molecule has 0 saturated carbocycles. The minimum Gasteiger partial charge on any atom is -0.491 e. The summed E-state index contributed by atoms with van der Waals surface area (Å²) in [5.74, 6) is 0.692. The van der Waals surface area contributed by atoms with Gasteiger partial charge in [-0.15, -0.1) is 0 Å². The summed E-state index contributed by atoms with van der Waals surface area (Å²) in [6.07, 6.45) is -0.773. The molecule has 0 spiro atoms. The lowest BCUT2D eigenvalue weighted by atomic mass is 9.91. The summed E-state index contributed by atoms with van der Waals surface area (Å²) in [5.41, 5.74) is -0.0219. The molecule has 1 fully saturated rings. The Hall–Kier alpha value is -2.85. The predicted molar refractivity (Wildman–Crippen MR) is 126 cm³/mol. The summed E-state index contributed by atoms with van der Waals surface area (Å²) >= 11 is 0. The van der Waals surface area contributed by atoms with E-state index in [1.165, 1.54) is 13.0 Å². The van der Waals surface area contributed by atoms with Crippen molar-refractivity contribution in [3.63, 3.8) is 0 Å². The molecule has 1 aliphatic rings. The summed E-state index contributed by atoms with van der Waals surface area (Å²) in [6.45, 7) is 11.4. The van der Waals surface area contributed by atoms with E-state index in [0.29, 0.717) is 36.7 Å². The fraction of sp³-hybridized carbons (Fsp3) is 0.652. The van der Waals surface area contributed by atoms with Crippen LogP contribution < -0.4 is 10.6 Å². The first-order chi connectivity index (χ1) is 16.1. The Morgan fingerprint density at radius 2 is 1.88 bits per heavy atom. The zero-order valence-electron chi connectivity index (χ0n) is 20.4. The second-order valence-corrected chi connectivity index (χ2v) is 8.54. The molecule has 3 rings (SSSR count). The number of rotatable bonds is 8. The van der Waals surface area contributed by atoms with E-state index in [-0.39, 0.29) is 36.4 Å². The monoisotopic (exact) mass is 482 g/mol. The van der Waals surface area contributed by atoms with Gasteiger partial charge in [0, 0.05) is 38.6 Å². The molecule has 11 heteroatoms. The molecule has 2 aromatic rings. The van der Waals surface area contributed by atoms with Gasteiger partial charge < -0.3 is 9.64 Å². The average molecular weight is 483 g/mol. The molecule has 2 unspecified atom stereocenters. The SMILES string of the molecule is C/C=C(/OCC1CC(C)CN(c2cnc3c(n2)n(CC)c(=O)n3CC)C1)C(=NCC)C(F)(F)F. The van der Waals surface area contributed by atoms with Crippen molar-refractivity contribution in [2.45, 2.75) is 60.3 Å². The van der Waals surface area contributed by atoms with Gasteiger partial charge in [0.1, 0.15) is 11.6 Å². The minimum absolute atomic E-state index is 0.000847. The van der Waals surface area contributed by atoms with Crippen LogP contribution >= 0.6 is 0 Å². The van der Waals surface area contributed by atoms with Crippen LogP contribution in [0.25, 0.3) is 11.3 Å². The Bertz CT molecular complexity index is 1120. The third-order valence-electron chi connectivity index (χ3n) is 5.95. The first-order valence-corrected chi connectivity index (χ1v) is 11.8. The van der Waals surface area contributed by atoms with E-state index in [1.807, 2.05) is 13.8 Å². The number of aliphatic imine (C=N–C) groups is 1. The third kappa shape index (κ3) is 5.28. The summed E-state index contributed by atoms with van der Waals surface area (Å²) in [6, 6.07) is 0. The summed E-state index contributed by atoms with van der Waals surface area (Å²) in [5, 5.41) is 0. The van der Waals surface area contributed by atoms with Crippen LogP contribution in [0.15, 0.2) is 27.8 Å². The Morgan fingerprint density at radius 3 is 2.47 bits per heavy atom. The highest BCUT2D eigenvalue weighted by Gasteiger charge is 2.39. The number of halogens is 3. The molecular formula is C23H33F3N6O2. The summed E-state index contributed by atoms with van der Waals surface area (Å²) in [4.78, 5) is 27.6. The van der Waals surface area contributed by atoms with Gasteiger partial charge in [0.05, 0.1) is 12.8 Å². The molecule has 2 atom stereocenters. The van der Waals surface area contributed by atoms with E-state index in [0.717, 1.165) is 13.0 Å². The third-order valence-corrected chi connectivity index (χ3v) is 5.95. The van der Waals surface area contributed by atoms with Gasteiger partial charge in [-0.1, -0.05) is 6.92 Å². The number of aromatic nitrogens is 4. The van der Waals surface area contributed by atoms with Gasteiger partial charge >= 0.3 is 11.9 Å². The number of hydrogen-bond donors (Lipinski definition) is 0. The number of anilines is 1. The normalized spacial score (nSPS) is 20.3.